The first-order valence-electron chi connectivity index (χ1n) is 5.29. The van der Waals surface area contributed by atoms with Gasteiger partial charge in [-0.2, -0.15) is 5.10 Å². The average molecular weight is 251 g/mol. The van der Waals surface area contributed by atoms with Crippen molar-refractivity contribution in [1.82, 2.24) is 9.78 Å². The van der Waals surface area contributed by atoms with Crippen LogP contribution in [0.1, 0.15) is 11.7 Å². The van der Waals surface area contributed by atoms with E-state index in [1.807, 2.05) is 25.4 Å². The van der Waals surface area contributed by atoms with Gasteiger partial charge in [0.2, 0.25) is 0 Å². The lowest BCUT2D eigenvalue weighted by Crippen LogP contribution is -2.14. The van der Waals surface area contributed by atoms with Crippen LogP contribution in [0.25, 0.3) is 0 Å². The fourth-order valence-corrected chi connectivity index (χ4v) is 2.37. The Hall–Kier alpha value is -1.33. The van der Waals surface area contributed by atoms with Gasteiger partial charge in [0.25, 0.3) is 0 Å². The summed E-state index contributed by atoms with van der Waals surface area (Å²) in [7, 11) is 1.85. The third-order valence-electron chi connectivity index (χ3n) is 2.37. The molecule has 0 amide bonds. The van der Waals surface area contributed by atoms with Crippen molar-refractivity contribution in [3.8, 4) is 0 Å². The van der Waals surface area contributed by atoms with E-state index in [0.29, 0.717) is 10.6 Å². The molecule has 0 aliphatic heterocycles. The lowest BCUT2D eigenvalue weighted by atomic mass is 10.3. The molecule has 0 saturated carbocycles. The van der Waals surface area contributed by atoms with E-state index in [0.717, 1.165) is 5.69 Å². The Bertz CT molecular complexity index is 498. The predicted molar refractivity (Wildman–Crippen MR) is 67.3 cm³/mol. The number of aryl methyl sites for hydroxylation is 1. The zero-order chi connectivity index (χ0) is 12.3. The summed E-state index contributed by atoms with van der Waals surface area (Å²) < 4.78 is 15.1. The van der Waals surface area contributed by atoms with Gasteiger partial charge in [0.1, 0.15) is 5.82 Å². The van der Waals surface area contributed by atoms with Crippen molar-refractivity contribution < 1.29 is 4.39 Å². The molecule has 0 spiro atoms. The van der Waals surface area contributed by atoms with Crippen LogP contribution in [0, 0.1) is 5.82 Å². The number of benzene rings is 1. The fraction of sp³-hybridized carbons (Fsp3) is 0.250. The fourth-order valence-electron chi connectivity index (χ4n) is 1.46. The van der Waals surface area contributed by atoms with Crippen LogP contribution in [-0.2, 0) is 7.05 Å². The number of nitrogens with zero attached hydrogens (tertiary/aromatic N) is 2. The highest BCUT2D eigenvalue weighted by molar-refractivity contribution is 7.99. The number of hydrogen-bond donors (Lipinski definition) is 1. The third kappa shape index (κ3) is 3.08. The molecule has 0 fully saturated rings. The highest BCUT2D eigenvalue weighted by Gasteiger charge is 2.10. The Morgan fingerprint density at radius 3 is 2.82 bits per heavy atom. The summed E-state index contributed by atoms with van der Waals surface area (Å²) >= 11 is 1.41. The normalized spacial score (nSPS) is 12.6. The molecule has 1 aromatic heterocycles. The molecule has 0 saturated heterocycles. The van der Waals surface area contributed by atoms with Crippen LogP contribution < -0.4 is 5.73 Å². The van der Waals surface area contributed by atoms with E-state index in [1.54, 1.807) is 16.8 Å². The molecule has 0 aliphatic carbocycles. The highest BCUT2D eigenvalue weighted by atomic mass is 32.2. The van der Waals surface area contributed by atoms with Crippen LogP contribution in [0.5, 0.6) is 0 Å². The topological polar surface area (TPSA) is 43.8 Å². The molecule has 0 aliphatic rings. The maximum atomic E-state index is 13.4. The molecular weight excluding hydrogens is 237 g/mol. The van der Waals surface area contributed by atoms with Gasteiger partial charge in [0.05, 0.1) is 11.7 Å². The van der Waals surface area contributed by atoms with E-state index < -0.39 is 0 Å². The Balaban J connectivity index is 1.97. The highest BCUT2D eigenvalue weighted by Crippen LogP contribution is 2.24. The van der Waals surface area contributed by atoms with Gasteiger partial charge in [-0.05, 0) is 18.2 Å². The number of hydrogen-bond acceptors (Lipinski definition) is 3. The van der Waals surface area contributed by atoms with Crippen molar-refractivity contribution in [2.45, 2.75) is 10.9 Å². The van der Waals surface area contributed by atoms with Crippen molar-refractivity contribution in [2.75, 3.05) is 5.75 Å². The summed E-state index contributed by atoms with van der Waals surface area (Å²) in [4.78, 5) is 0.624. The molecule has 2 aromatic rings. The minimum atomic E-state index is -0.203. The lowest BCUT2D eigenvalue weighted by molar-refractivity contribution is 0.601. The first kappa shape index (κ1) is 12.1. The predicted octanol–water partition coefficient (Wildman–Crippen LogP) is 2.35. The first-order chi connectivity index (χ1) is 8.16. The largest absolute Gasteiger partial charge is 0.322 e. The Labute approximate surface area is 104 Å². The summed E-state index contributed by atoms with van der Waals surface area (Å²) in [6.07, 6.45) is 1.85. The minimum Gasteiger partial charge on any atom is -0.322 e. The van der Waals surface area contributed by atoms with Crippen LogP contribution in [-0.4, -0.2) is 15.5 Å². The quantitative estimate of drug-likeness (QED) is 0.848. The van der Waals surface area contributed by atoms with E-state index in [2.05, 4.69) is 5.10 Å². The zero-order valence-electron chi connectivity index (χ0n) is 9.51. The third-order valence-corrected chi connectivity index (χ3v) is 3.54. The summed E-state index contributed by atoms with van der Waals surface area (Å²) in [5.74, 6) is 0.406. The molecule has 90 valence electrons. The lowest BCUT2D eigenvalue weighted by Gasteiger charge is -2.08. The van der Waals surface area contributed by atoms with Gasteiger partial charge in [0, 0.05) is 23.9 Å². The number of halogens is 1. The summed E-state index contributed by atoms with van der Waals surface area (Å²) in [5, 5.41) is 4.23. The standard InChI is InChI=1S/C12H14FN3S/c1-16-7-6-11(15-16)10(14)8-17-12-5-3-2-4-9(12)13/h2-7,10H,8,14H2,1H3. The van der Waals surface area contributed by atoms with E-state index in [4.69, 9.17) is 5.73 Å². The Morgan fingerprint density at radius 2 is 2.18 bits per heavy atom. The summed E-state index contributed by atoms with van der Waals surface area (Å²) in [5.41, 5.74) is 6.82. The molecule has 3 nitrogen and oxygen atoms in total. The van der Waals surface area contributed by atoms with Crippen molar-refractivity contribution in [2.24, 2.45) is 12.8 Å². The van der Waals surface area contributed by atoms with Crippen LogP contribution >= 0.6 is 11.8 Å². The van der Waals surface area contributed by atoms with Crippen molar-refractivity contribution in [3.63, 3.8) is 0 Å². The number of thioether (sulfide) groups is 1. The average Bonchev–Trinajstić information content (AvgIpc) is 2.74. The van der Waals surface area contributed by atoms with E-state index in [-0.39, 0.29) is 11.9 Å². The summed E-state index contributed by atoms with van der Waals surface area (Å²) in [6.45, 7) is 0. The van der Waals surface area contributed by atoms with Gasteiger partial charge >= 0.3 is 0 Å². The second-order valence-electron chi connectivity index (χ2n) is 3.76. The van der Waals surface area contributed by atoms with E-state index in [9.17, 15) is 4.39 Å². The van der Waals surface area contributed by atoms with Crippen LogP contribution in [0.4, 0.5) is 4.39 Å². The summed E-state index contributed by atoms with van der Waals surface area (Å²) in [6, 6.07) is 8.41. The maximum absolute atomic E-state index is 13.4. The van der Waals surface area contributed by atoms with E-state index >= 15 is 0 Å². The molecule has 17 heavy (non-hydrogen) atoms. The van der Waals surface area contributed by atoms with Crippen LogP contribution in [0.15, 0.2) is 41.4 Å². The van der Waals surface area contributed by atoms with Crippen molar-refractivity contribution in [1.29, 1.82) is 0 Å². The first-order valence-corrected chi connectivity index (χ1v) is 6.28. The molecule has 5 heteroatoms. The van der Waals surface area contributed by atoms with Gasteiger partial charge in [-0.15, -0.1) is 11.8 Å². The number of nitrogens with two attached hydrogens (primary N) is 1. The SMILES string of the molecule is Cn1ccc(C(N)CSc2ccccc2F)n1. The smallest absolute Gasteiger partial charge is 0.136 e. The van der Waals surface area contributed by atoms with Gasteiger partial charge in [-0.25, -0.2) is 4.39 Å². The molecule has 2 N–H and O–H groups in total. The van der Waals surface area contributed by atoms with Gasteiger partial charge in [-0.3, -0.25) is 4.68 Å². The van der Waals surface area contributed by atoms with Gasteiger partial charge in [-0.1, -0.05) is 12.1 Å². The van der Waals surface area contributed by atoms with Crippen LogP contribution in [0.2, 0.25) is 0 Å². The van der Waals surface area contributed by atoms with Gasteiger partial charge < -0.3 is 5.73 Å². The number of aromatic nitrogens is 2. The molecule has 1 aromatic carbocycles. The monoisotopic (exact) mass is 251 g/mol. The molecule has 1 atom stereocenters. The number of rotatable bonds is 4. The van der Waals surface area contributed by atoms with Crippen LogP contribution in [0.3, 0.4) is 0 Å². The van der Waals surface area contributed by atoms with Gasteiger partial charge in [0.15, 0.2) is 0 Å². The zero-order valence-corrected chi connectivity index (χ0v) is 10.3. The van der Waals surface area contributed by atoms with Crippen molar-refractivity contribution in [3.05, 3.63) is 48.0 Å². The molecule has 0 radical (unpaired) electrons. The molecule has 0 bridgehead atoms. The van der Waals surface area contributed by atoms with E-state index in [1.165, 1.54) is 17.8 Å². The Morgan fingerprint density at radius 1 is 1.41 bits per heavy atom. The molecule has 1 unspecified atom stereocenters. The van der Waals surface area contributed by atoms with Crippen molar-refractivity contribution >= 4 is 11.8 Å². The molecule has 1 heterocycles. The maximum Gasteiger partial charge on any atom is 0.136 e. The minimum absolute atomic E-state index is 0.180. The second-order valence-corrected chi connectivity index (χ2v) is 4.82. The molecular formula is C12H14FN3S. The Kier molecular flexibility index (Phi) is 3.81. The molecule has 2 rings (SSSR count). The second kappa shape index (κ2) is 5.33.